The van der Waals surface area contributed by atoms with Crippen molar-refractivity contribution in [3.05, 3.63) is 35.4 Å². The molecule has 1 aromatic rings. The van der Waals surface area contributed by atoms with Crippen molar-refractivity contribution in [2.75, 3.05) is 19.8 Å². The maximum absolute atomic E-state index is 14.5. The summed E-state index contributed by atoms with van der Waals surface area (Å²) in [6, 6.07) is 5.77. The third-order valence-corrected chi connectivity index (χ3v) is 12.9. The van der Waals surface area contributed by atoms with Crippen LogP contribution in [0, 0.1) is 17.3 Å². The van der Waals surface area contributed by atoms with Crippen molar-refractivity contribution in [2.45, 2.75) is 154 Å². The van der Waals surface area contributed by atoms with E-state index in [9.17, 15) is 19.2 Å². The van der Waals surface area contributed by atoms with Gasteiger partial charge >= 0.3 is 19.3 Å². The molecule has 4 amide bonds. The van der Waals surface area contributed by atoms with E-state index in [1.165, 1.54) is 4.90 Å². The molecule has 3 saturated carbocycles. The number of fused-ring (bicyclic) bond motifs is 2. The van der Waals surface area contributed by atoms with Gasteiger partial charge in [0.1, 0.15) is 23.8 Å². The summed E-state index contributed by atoms with van der Waals surface area (Å²) in [4.78, 5) is 58.5. The second kappa shape index (κ2) is 15.3. The SMILES string of the molecule is CC(C)(C)OC(=O)N[C@H]1COCCCCCCC[C@H](B2OC3CC4CC(C4(C)C)C3(C)O2)NC(=O)[C@@H]2C[C@@H](OC(=O)N3Cc4ccccc4C3)CN2C1=O. The van der Waals surface area contributed by atoms with E-state index in [1.807, 2.05) is 24.3 Å². The summed E-state index contributed by atoms with van der Waals surface area (Å²) in [5.41, 5.74) is 1.07. The van der Waals surface area contributed by atoms with Gasteiger partial charge in [0, 0.05) is 26.1 Å². The summed E-state index contributed by atoms with van der Waals surface area (Å²) >= 11 is 0. The van der Waals surface area contributed by atoms with Crippen LogP contribution in [0.1, 0.15) is 110 Å². The van der Waals surface area contributed by atoms with E-state index >= 15 is 0 Å². The molecule has 0 spiro atoms. The predicted octanol–water partition coefficient (Wildman–Crippen LogP) is 5.12. The number of rotatable bonds is 3. The number of hydrogen-bond donors (Lipinski definition) is 2. The molecular weight excluding hydrogens is 691 g/mol. The molecule has 14 heteroatoms. The number of alkyl carbamates (subject to hydrolysis) is 1. The lowest BCUT2D eigenvalue weighted by atomic mass is 9.43. The Morgan fingerprint density at radius 3 is 2.39 bits per heavy atom. The summed E-state index contributed by atoms with van der Waals surface area (Å²) in [7, 11) is -0.621. The number of carbonyl (C=O) groups is 4. The molecule has 2 bridgehead atoms. The molecule has 7 aliphatic rings. The van der Waals surface area contributed by atoms with Crippen LogP contribution >= 0.6 is 0 Å². The van der Waals surface area contributed by atoms with E-state index in [1.54, 1.807) is 25.7 Å². The average Bonchev–Trinajstić information content (AvgIpc) is 3.83. The number of nitrogens with one attached hydrogen (secondary N) is 2. The highest BCUT2D eigenvalue weighted by Crippen LogP contribution is 2.65. The second-order valence-corrected chi connectivity index (χ2v) is 18.2. The van der Waals surface area contributed by atoms with Crippen LogP contribution in [-0.4, -0.2) is 102 Å². The number of ether oxygens (including phenoxy) is 3. The van der Waals surface area contributed by atoms with Crippen molar-refractivity contribution in [1.82, 2.24) is 20.4 Å². The van der Waals surface area contributed by atoms with Crippen molar-refractivity contribution < 1.29 is 42.7 Å². The molecule has 4 heterocycles. The van der Waals surface area contributed by atoms with Crippen molar-refractivity contribution >= 4 is 31.1 Å². The number of hydrogen-bond acceptors (Lipinski definition) is 9. The lowest BCUT2D eigenvalue weighted by Crippen LogP contribution is -2.65. The topological polar surface area (TPSA) is 145 Å². The van der Waals surface area contributed by atoms with Gasteiger partial charge in [-0.2, -0.15) is 0 Å². The average molecular weight is 751 g/mol. The van der Waals surface area contributed by atoms with Crippen LogP contribution in [0.5, 0.6) is 0 Å². The molecule has 0 radical (unpaired) electrons. The van der Waals surface area contributed by atoms with E-state index in [2.05, 4.69) is 31.4 Å². The Bertz CT molecular complexity index is 1560. The first kappa shape index (κ1) is 38.9. The van der Waals surface area contributed by atoms with Gasteiger partial charge in [0.05, 0.1) is 30.8 Å². The van der Waals surface area contributed by atoms with Gasteiger partial charge in [0.2, 0.25) is 11.8 Å². The Balaban J connectivity index is 1.12. The summed E-state index contributed by atoms with van der Waals surface area (Å²) in [6.07, 6.45) is 5.38. The molecule has 3 aliphatic carbocycles. The normalized spacial score (nSPS) is 34.3. The van der Waals surface area contributed by atoms with Crippen LogP contribution in [0.15, 0.2) is 24.3 Å². The number of amides is 4. The fourth-order valence-electron chi connectivity index (χ4n) is 9.81. The van der Waals surface area contributed by atoms with Gasteiger partial charge in [-0.05, 0) is 81.8 Å². The number of nitrogens with zero attached hydrogens (tertiary/aromatic N) is 2. The number of benzene rings is 1. The predicted molar refractivity (Wildman–Crippen MR) is 200 cm³/mol. The zero-order valence-electron chi connectivity index (χ0n) is 32.9. The molecule has 4 aliphatic heterocycles. The van der Waals surface area contributed by atoms with Crippen molar-refractivity contribution in [3.8, 4) is 0 Å². The van der Waals surface area contributed by atoms with Gasteiger partial charge in [-0.3, -0.25) is 14.5 Å². The molecule has 3 saturated heterocycles. The minimum atomic E-state index is -1.12. The maximum Gasteiger partial charge on any atom is 0.481 e. The first-order valence-electron chi connectivity index (χ1n) is 20.2. The number of carbonyl (C=O) groups excluding carboxylic acids is 4. The molecule has 1 aromatic carbocycles. The second-order valence-electron chi connectivity index (χ2n) is 18.2. The molecule has 2 N–H and O–H groups in total. The minimum Gasteiger partial charge on any atom is -0.444 e. The van der Waals surface area contributed by atoms with Gasteiger partial charge in [-0.1, -0.05) is 63.8 Å². The van der Waals surface area contributed by atoms with Crippen LogP contribution in [0.3, 0.4) is 0 Å². The Labute approximate surface area is 320 Å². The van der Waals surface area contributed by atoms with E-state index in [4.69, 9.17) is 23.5 Å². The molecule has 8 rings (SSSR count). The third-order valence-electron chi connectivity index (χ3n) is 12.9. The fourth-order valence-corrected chi connectivity index (χ4v) is 9.81. The van der Waals surface area contributed by atoms with Crippen LogP contribution in [0.2, 0.25) is 0 Å². The molecule has 54 heavy (non-hydrogen) atoms. The fraction of sp³-hybridized carbons (Fsp3) is 0.750. The van der Waals surface area contributed by atoms with Gasteiger partial charge in [0.25, 0.3) is 0 Å². The largest absolute Gasteiger partial charge is 0.481 e. The van der Waals surface area contributed by atoms with Crippen LogP contribution in [0.25, 0.3) is 0 Å². The Morgan fingerprint density at radius 2 is 1.69 bits per heavy atom. The summed E-state index contributed by atoms with van der Waals surface area (Å²) < 4.78 is 31.0. The van der Waals surface area contributed by atoms with Crippen LogP contribution < -0.4 is 10.6 Å². The summed E-state index contributed by atoms with van der Waals surface area (Å²) in [5.74, 6) is -0.354. The molecule has 296 valence electrons. The molecule has 0 aromatic heterocycles. The van der Waals surface area contributed by atoms with Crippen molar-refractivity contribution in [1.29, 1.82) is 0 Å². The van der Waals surface area contributed by atoms with E-state index in [0.29, 0.717) is 38.0 Å². The highest BCUT2D eigenvalue weighted by molar-refractivity contribution is 6.48. The molecule has 13 nitrogen and oxygen atoms in total. The van der Waals surface area contributed by atoms with Gasteiger partial charge in [0.15, 0.2) is 0 Å². The first-order valence-corrected chi connectivity index (χ1v) is 20.2. The van der Waals surface area contributed by atoms with Crippen LogP contribution in [-0.2, 0) is 46.2 Å². The zero-order chi connectivity index (χ0) is 38.4. The Hall–Kier alpha value is -3.36. The van der Waals surface area contributed by atoms with Crippen molar-refractivity contribution in [3.63, 3.8) is 0 Å². The van der Waals surface area contributed by atoms with Crippen LogP contribution in [0.4, 0.5) is 9.59 Å². The van der Waals surface area contributed by atoms with E-state index < -0.39 is 60.5 Å². The van der Waals surface area contributed by atoms with Gasteiger partial charge in [-0.15, -0.1) is 0 Å². The summed E-state index contributed by atoms with van der Waals surface area (Å²) in [6.45, 7) is 13.2. The Morgan fingerprint density at radius 1 is 0.981 bits per heavy atom. The quantitative estimate of drug-likeness (QED) is 0.402. The van der Waals surface area contributed by atoms with Gasteiger partial charge in [-0.25, -0.2) is 9.59 Å². The lowest BCUT2D eigenvalue weighted by Gasteiger charge is -2.64. The highest BCUT2D eigenvalue weighted by atomic mass is 16.7. The molecule has 6 fully saturated rings. The van der Waals surface area contributed by atoms with Gasteiger partial charge < -0.3 is 39.1 Å². The monoisotopic (exact) mass is 750 g/mol. The highest BCUT2D eigenvalue weighted by Gasteiger charge is 2.68. The van der Waals surface area contributed by atoms with E-state index in [-0.39, 0.29) is 37.0 Å². The van der Waals surface area contributed by atoms with Crippen molar-refractivity contribution in [2.24, 2.45) is 17.3 Å². The molecular formula is C40H59BN4O9. The zero-order valence-corrected chi connectivity index (χ0v) is 32.9. The summed E-state index contributed by atoms with van der Waals surface area (Å²) in [5, 5.41) is 5.96. The first-order chi connectivity index (χ1) is 25.6. The standard InChI is InChI=1S/C40H59BN4O9/c1-38(2,3)52-36(48)42-29-24-50-17-13-9-7-8-10-16-33(41-53-32-19-27-18-31(39(27,4)5)40(32,6)54-41)43-34(46)30-20-28(23-45(30)35(29)47)51-37(49)44-21-25-14-11-12-15-26(25)22-44/h11-12,14-15,27-33H,7-10,13,16-24H2,1-6H3,(H,42,48)(H,43,46)/t27?,28-,29+,30+,31?,32?,33-,40?/m1/s1. The van der Waals surface area contributed by atoms with E-state index in [0.717, 1.165) is 56.1 Å². The lowest BCUT2D eigenvalue weighted by molar-refractivity contribution is -0.199. The molecule has 4 unspecified atom stereocenters. The smallest absolute Gasteiger partial charge is 0.444 e. The Kier molecular flexibility index (Phi) is 11.0. The third kappa shape index (κ3) is 7.98. The molecule has 8 atom stereocenters. The minimum absolute atomic E-state index is 0.0185. The maximum atomic E-state index is 14.5.